The van der Waals surface area contributed by atoms with Gasteiger partial charge in [-0.15, -0.1) is 0 Å². The number of aliphatic hydroxyl groups excluding tert-OH is 1. The molecule has 1 aliphatic rings. The van der Waals surface area contributed by atoms with Gasteiger partial charge in [0.1, 0.15) is 0 Å². The molecule has 6 nitrogen and oxygen atoms in total. The van der Waals surface area contributed by atoms with E-state index in [0.717, 1.165) is 18.7 Å². The monoisotopic (exact) mass is 281 g/mol. The molecule has 1 aromatic heterocycles. The van der Waals surface area contributed by atoms with Crippen LogP contribution >= 0.6 is 0 Å². The molecular weight excluding hydrogens is 258 g/mol. The molecule has 0 spiro atoms. The first-order valence-electron chi connectivity index (χ1n) is 7.41. The van der Waals surface area contributed by atoms with Crippen LogP contribution in [0, 0.1) is 0 Å². The van der Waals surface area contributed by atoms with Crippen molar-refractivity contribution in [3.8, 4) is 0 Å². The molecule has 0 radical (unpaired) electrons. The summed E-state index contributed by atoms with van der Waals surface area (Å²) in [5.41, 5.74) is 0. The second-order valence-electron chi connectivity index (χ2n) is 5.51. The normalized spacial score (nSPS) is 17.3. The molecule has 112 valence electrons. The fourth-order valence-electron chi connectivity index (χ4n) is 2.55. The van der Waals surface area contributed by atoms with E-state index in [-0.39, 0.29) is 18.6 Å². The van der Waals surface area contributed by atoms with Gasteiger partial charge in [-0.05, 0) is 26.2 Å². The molecule has 1 saturated carbocycles. The molecule has 20 heavy (non-hydrogen) atoms. The van der Waals surface area contributed by atoms with Gasteiger partial charge in [0.05, 0.1) is 0 Å². The largest absolute Gasteiger partial charge is 0.396 e. The molecule has 0 aromatic carbocycles. The van der Waals surface area contributed by atoms with E-state index in [4.69, 9.17) is 9.63 Å². The second-order valence-corrected chi connectivity index (χ2v) is 5.51. The average molecular weight is 281 g/mol. The minimum absolute atomic E-state index is 0.00997. The van der Waals surface area contributed by atoms with Crippen LogP contribution in [0.4, 0.5) is 0 Å². The quantitative estimate of drug-likeness (QED) is 0.791. The van der Waals surface area contributed by atoms with Gasteiger partial charge < -0.3 is 14.9 Å². The van der Waals surface area contributed by atoms with Gasteiger partial charge in [-0.1, -0.05) is 18.0 Å². The van der Waals surface area contributed by atoms with Crippen molar-refractivity contribution >= 4 is 5.91 Å². The molecule has 1 aliphatic carbocycles. The number of carbonyl (C=O) groups excluding carboxylic acids is 1. The van der Waals surface area contributed by atoms with Gasteiger partial charge in [-0.25, -0.2) is 0 Å². The number of aliphatic hydroxyl groups is 1. The molecule has 0 saturated heterocycles. The summed E-state index contributed by atoms with van der Waals surface area (Å²) in [6, 6.07) is -0.00997. The van der Waals surface area contributed by atoms with Gasteiger partial charge in [0.2, 0.25) is 11.8 Å². The van der Waals surface area contributed by atoms with Crippen LogP contribution in [0.1, 0.15) is 63.1 Å². The fraction of sp³-hybridized carbons (Fsp3) is 0.786. The SMILES string of the molecule is CC(CCO)NC(=O)CCc1nc(C2CCCC2)no1. The van der Waals surface area contributed by atoms with E-state index in [0.29, 0.717) is 31.1 Å². The molecule has 6 heteroatoms. The summed E-state index contributed by atoms with van der Waals surface area (Å²) in [6.07, 6.45) is 6.12. The Morgan fingerprint density at radius 1 is 1.50 bits per heavy atom. The molecular formula is C14H23N3O3. The van der Waals surface area contributed by atoms with Crippen LogP contribution in [-0.4, -0.2) is 33.8 Å². The van der Waals surface area contributed by atoms with Crippen LogP contribution in [0.2, 0.25) is 0 Å². The number of aryl methyl sites for hydroxylation is 1. The minimum atomic E-state index is -0.0495. The highest BCUT2D eigenvalue weighted by atomic mass is 16.5. The van der Waals surface area contributed by atoms with Gasteiger partial charge in [0, 0.05) is 31.4 Å². The minimum Gasteiger partial charge on any atom is -0.396 e. The van der Waals surface area contributed by atoms with Crippen LogP contribution in [0.15, 0.2) is 4.52 Å². The van der Waals surface area contributed by atoms with Crippen molar-refractivity contribution in [1.82, 2.24) is 15.5 Å². The molecule has 1 heterocycles. The van der Waals surface area contributed by atoms with Gasteiger partial charge in [-0.2, -0.15) is 4.98 Å². The van der Waals surface area contributed by atoms with Gasteiger partial charge in [0.25, 0.3) is 0 Å². The maximum atomic E-state index is 11.7. The van der Waals surface area contributed by atoms with E-state index in [2.05, 4.69) is 15.5 Å². The van der Waals surface area contributed by atoms with Gasteiger partial charge in [0.15, 0.2) is 5.82 Å². The van der Waals surface area contributed by atoms with E-state index < -0.39 is 0 Å². The number of nitrogens with zero attached hydrogens (tertiary/aromatic N) is 2. The number of nitrogens with one attached hydrogen (secondary N) is 1. The van der Waals surface area contributed by atoms with Crippen LogP contribution < -0.4 is 5.32 Å². The molecule has 1 amide bonds. The molecule has 2 N–H and O–H groups in total. The predicted molar refractivity (Wildman–Crippen MR) is 73.1 cm³/mol. The summed E-state index contributed by atoms with van der Waals surface area (Å²) in [5, 5.41) is 15.6. The topological polar surface area (TPSA) is 88.2 Å². The zero-order valence-electron chi connectivity index (χ0n) is 12.0. The molecule has 1 aromatic rings. The van der Waals surface area contributed by atoms with Crippen molar-refractivity contribution in [1.29, 1.82) is 0 Å². The van der Waals surface area contributed by atoms with E-state index in [1.165, 1.54) is 12.8 Å². The lowest BCUT2D eigenvalue weighted by Gasteiger charge is -2.11. The average Bonchev–Trinajstić information content (AvgIpc) is 3.07. The third-order valence-corrected chi connectivity index (χ3v) is 3.74. The Morgan fingerprint density at radius 2 is 2.25 bits per heavy atom. The summed E-state index contributed by atoms with van der Waals surface area (Å²) < 4.78 is 5.20. The molecule has 1 atom stereocenters. The van der Waals surface area contributed by atoms with E-state index >= 15 is 0 Å². The first-order chi connectivity index (χ1) is 9.69. The third kappa shape index (κ3) is 4.30. The van der Waals surface area contributed by atoms with Crippen molar-refractivity contribution in [2.45, 2.75) is 63.8 Å². The zero-order valence-corrected chi connectivity index (χ0v) is 12.0. The molecule has 0 aliphatic heterocycles. The van der Waals surface area contributed by atoms with Crippen LogP contribution in [0.5, 0.6) is 0 Å². The van der Waals surface area contributed by atoms with E-state index in [1.54, 1.807) is 0 Å². The summed E-state index contributed by atoms with van der Waals surface area (Å²) >= 11 is 0. The Balaban J connectivity index is 1.75. The number of rotatable bonds is 7. The summed E-state index contributed by atoms with van der Waals surface area (Å²) in [7, 11) is 0. The molecule has 1 unspecified atom stereocenters. The summed E-state index contributed by atoms with van der Waals surface area (Å²) in [5.74, 6) is 1.72. The fourth-order valence-corrected chi connectivity index (χ4v) is 2.55. The van der Waals surface area contributed by atoms with Crippen LogP contribution in [0.25, 0.3) is 0 Å². The second kappa shape index (κ2) is 7.38. The third-order valence-electron chi connectivity index (χ3n) is 3.74. The van der Waals surface area contributed by atoms with Crippen molar-refractivity contribution < 1.29 is 14.4 Å². The first-order valence-corrected chi connectivity index (χ1v) is 7.41. The van der Waals surface area contributed by atoms with Gasteiger partial charge >= 0.3 is 0 Å². The zero-order chi connectivity index (χ0) is 14.4. The Morgan fingerprint density at radius 3 is 2.95 bits per heavy atom. The lowest BCUT2D eigenvalue weighted by atomic mass is 10.1. The standard InChI is InChI=1S/C14H23N3O3/c1-10(8-9-18)15-12(19)6-7-13-16-14(17-20-13)11-4-2-3-5-11/h10-11,18H,2-9H2,1H3,(H,15,19). The van der Waals surface area contributed by atoms with Crippen molar-refractivity contribution in [3.05, 3.63) is 11.7 Å². The number of aromatic nitrogens is 2. The smallest absolute Gasteiger partial charge is 0.227 e. The van der Waals surface area contributed by atoms with Gasteiger partial charge in [-0.3, -0.25) is 4.79 Å². The Hall–Kier alpha value is -1.43. The van der Waals surface area contributed by atoms with Crippen LogP contribution in [-0.2, 0) is 11.2 Å². The number of amides is 1. The van der Waals surface area contributed by atoms with Crippen molar-refractivity contribution in [2.75, 3.05) is 6.61 Å². The lowest BCUT2D eigenvalue weighted by Crippen LogP contribution is -2.33. The Bertz CT molecular complexity index is 427. The number of hydrogen-bond acceptors (Lipinski definition) is 5. The van der Waals surface area contributed by atoms with Crippen LogP contribution in [0.3, 0.4) is 0 Å². The molecule has 1 fully saturated rings. The predicted octanol–water partition coefficient (Wildman–Crippen LogP) is 1.55. The summed E-state index contributed by atoms with van der Waals surface area (Å²) in [6.45, 7) is 1.95. The van der Waals surface area contributed by atoms with Crippen molar-refractivity contribution in [2.24, 2.45) is 0 Å². The molecule has 0 bridgehead atoms. The summed E-state index contributed by atoms with van der Waals surface area (Å²) in [4.78, 5) is 16.1. The Kier molecular flexibility index (Phi) is 5.52. The molecule has 2 rings (SSSR count). The Labute approximate surface area is 118 Å². The highest BCUT2D eigenvalue weighted by Gasteiger charge is 2.22. The number of carbonyl (C=O) groups is 1. The van der Waals surface area contributed by atoms with E-state index in [9.17, 15) is 4.79 Å². The highest BCUT2D eigenvalue weighted by molar-refractivity contribution is 5.76. The highest BCUT2D eigenvalue weighted by Crippen LogP contribution is 2.32. The maximum absolute atomic E-state index is 11.7. The van der Waals surface area contributed by atoms with E-state index in [1.807, 2.05) is 6.92 Å². The number of hydrogen-bond donors (Lipinski definition) is 2. The van der Waals surface area contributed by atoms with Crippen molar-refractivity contribution in [3.63, 3.8) is 0 Å². The first kappa shape index (κ1) is 15.0. The lowest BCUT2D eigenvalue weighted by molar-refractivity contribution is -0.121. The maximum Gasteiger partial charge on any atom is 0.227 e.